The zero-order valence-electron chi connectivity index (χ0n) is 14.2. The van der Waals surface area contributed by atoms with Gasteiger partial charge in [0.05, 0.1) is 5.56 Å². The zero-order valence-corrected chi connectivity index (χ0v) is 14.2. The van der Waals surface area contributed by atoms with Crippen molar-refractivity contribution in [2.45, 2.75) is 25.9 Å². The van der Waals surface area contributed by atoms with E-state index in [1.807, 2.05) is 18.2 Å². The monoisotopic (exact) mass is 341 g/mol. The van der Waals surface area contributed by atoms with Crippen LogP contribution < -0.4 is 10.1 Å². The number of hydrogen-bond donors (Lipinski definition) is 2. The zero-order chi connectivity index (χ0) is 18.0. The van der Waals surface area contributed by atoms with Crippen LogP contribution in [0.1, 0.15) is 36.2 Å². The van der Waals surface area contributed by atoms with Crippen molar-refractivity contribution in [2.75, 3.05) is 11.9 Å². The number of anilines is 1. The van der Waals surface area contributed by atoms with Crippen molar-refractivity contribution >= 4 is 17.3 Å². The summed E-state index contributed by atoms with van der Waals surface area (Å²) >= 11 is 0. The number of hydrogen-bond acceptors (Lipinski definition) is 4. The van der Waals surface area contributed by atoms with Crippen molar-refractivity contribution in [3.05, 3.63) is 65.4 Å². The number of nitrogens with one attached hydrogen (secondary N) is 1. The van der Waals surface area contributed by atoms with Gasteiger partial charge in [-0.15, -0.1) is 0 Å². The van der Waals surface area contributed by atoms with Gasteiger partial charge in [-0.05, 0) is 26.0 Å². The maximum atomic E-state index is 14.6. The van der Waals surface area contributed by atoms with Gasteiger partial charge in [0.1, 0.15) is 5.75 Å². The molecule has 1 aliphatic rings. The predicted molar refractivity (Wildman–Crippen MR) is 95.7 cm³/mol. The van der Waals surface area contributed by atoms with E-state index in [4.69, 9.17) is 4.74 Å². The van der Waals surface area contributed by atoms with Gasteiger partial charge in [0.25, 0.3) is 0 Å². The van der Waals surface area contributed by atoms with Crippen LogP contribution >= 0.6 is 0 Å². The second kappa shape index (κ2) is 6.59. The molecule has 0 aliphatic carbocycles. The molecular formula is C20H20FNO3. The van der Waals surface area contributed by atoms with Crippen LogP contribution in [-0.2, 0) is 0 Å². The first-order chi connectivity index (χ1) is 11.9. The lowest BCUT2D eigenvalue weighted by molar-refractivity contribution is 0.0889. The molecule has 0 fully saturated rings. The maximum absolute atomic E-state index is 14.6. The van der Waals surface area contributed by atoms with Crippen molar-refractivity contribution < 1.29 is 19.0 Å². The molecule has 0 spiro atoms. The Hall–Kier alpha value is -2.82. The van der Waals surface area contributed by atoms with E-state index < -0.39 is 17.2 Å². The number of Topliss-reactive ketones (excluding diaryl/α,β-unsaturated/α-hetero) is 1. The van der Waals surface area contributed by atoms with Gasteiger partial charge in [-0.25, -0.2) is 4.39 Å². The minimum atomic E-state index is -1.11. The number of carbonyl (C=O) groups excluding carboxylic acids is 1. The maximum Gasteiger partial charge on any atom is 0.177 e. The van der Waals surface area contributed by atoms with Gasteiger partial charge in [-0.3, -0.25) is 4.79 Å². The Labute approximate surface area is 145 Å². The summed E-state index contributed by atoms with van der Waals surface area (Å²) in [7, 11) is 0. The lowest BCUT2D eigenvalue weighted by Crippen LogP contribution is -2.34. The number of carbonyl (C=O) groups is 1. The molecule has 0 atom stereocenters. The lowest BCUT2D eigenvalue weighted by atomic mass is 9.97. The van der Waals surface area contributed by atoms with E-state index in [2.05, 4.69) is 5.32 Å². The van der Waals surface area contributed by atoms with E-state index >= 15 is 0 Å². The molecular weight excluding hydrogens is 321 g/mol. The fraction of sp³-hybridized carbons (Fsp3) is 0.250. The van der Waals surface area contributed by atoms with Gasteiger partial charge in [-0.2, -0.15) is 0 Å². The molecule has 4 nitrogen and oxygen atoms in total. The highest BCUT2D eigenvalue weighted by Crippen LogP contribution is 2.43. The first-order valence-corrected chi connectivity index (χ1v) is 8.14. The molecule has 0 unspecified atom stereocenters. The van der Waals surface area contributed by atoms with Crippen molar-refractivity contribution in [1.29, 1.82) is 0 Å². The van der Waals surface area contributed by atoms with E-state index in [1.165, 1.54) is 0 Å². The van der Waals surface area contributed by atoms with Crippen LogP contribution in [0.5, 0.6) is 5.75 Å². The van der Waals surface area contributed by atoms with Gasteiger partial charge in [0.15, 0.2) is 23.0 Å². The van der Waals surface area contributed by atoms with E-state index in [1.54, 1.807) is 44.2 Å². The highest BCUT2D eigenvalue weighted by atomic mass is 19.1. The van der Waals surface area contributed by atoms with Gasteiger partial charge in [0, 0.05) is 24.2 Å². The Bertz CT molecular complexity index is 828. The van der Waals surface area contributed by atoms with E-state index in [0.717, 1.165) is 0 Å². The third-order valence-corrected chi connectivity index (χ3v) is 4.15. The average Bonchev–Trinajstić information content (AvgIpc) is 2.60. The molecule has 2 aromatic rings. The highest BCUT2D eigenvalue weighted by molar-refractivity contribution is 5.96. The van der Waals surface area contributed by atoms with E-state index in [0.29, 0.717) is 23.5 Å². The SMILES string of the molecule is CC1(C)Oc2cccc(NCCC(=O)c3ccccc3)c2C(F)=C1O. The molecule has 0 saturated carbocycles. The molecule has 0 saturated heterocycles. The third kappa shape index (κ3) is 3.36. The highest BCUT2D eigenvalue weighted by Gasteiger charge is 2.37. The molecule has 1 aliphatic heterocycles. The molecule has 25 heavy (non-hydrogen) atoms. The van der Waals surface area contributed by atoms with E-state index in [9.17, 15) is 14.3 Å². The number of aliphatic hydroxyl groups excluding tert-OH is 1. The van der Waals surface area contributed by atoms with Gasteiger partial charge < -0.3 is 15.2 Å². The number of benzene rings is 2. The fourth-order valence-electron chi connectivity index (χ4n) is 2.77. The summed E-state index contributed by atoms with van der Waals surface area (Å²) in [5.41, 5.74) is 0.205. The normalized spacial score (nSPS) is 15.3. The van der Waals surface area contributed by atoms with Crippen LogP contribution in [0.3, 0.4) is 0 Å². The molecule has 0 bridgehead atoms. The Morgan fingerprint density at radius 2 is 1.88 bits per heavy atom. The number of fused-ring (bicyclic) bond motifs is 1. The molecule has 2 N–H and O–H groups in total. The van der Waals surface area contributed by atoms with Crippen molar-refractivity contribution in [3.63, 3.8) is 0 Å². The molecule has 0 amide bonds. The summed E-state index contributed by atoms with van der Waals surface area (Å²) in [6.45, 7) is 3.55. The Balaban J connectivity index is 1.75. The molecule has 5 heteroatoms. The van der Waals surface area contributed by atoms with Crippen LogP contribution in [0, 0.1) is 0 Å². The van der Waals surface area contributed by atoms with Crippen molar-refractivity contribution in [1.82, 2.24) is 0 Å². The second-order valence-electron chi connectivity index (χ2n) is 6.42. The molecule has 0 radical (unpaired) electrons. The molecule has 1 heterocycles. The summed E-state index contributed by atoms with van der Waals surface area (Å²) in [6.07, 6.45) is 0.275. The summed E-state index contributed by atoms with van der Waals surface area (Å²) in [4.78, 5) is 12.1. The lowest BCUT2D eigenvalue weighted by Gasteiger charge is -2.32. The summed E-state index contributed by atoms with van der Waals surface area (Å²) in [5.74, 6) is -0.771. The van der Waals surface area contributed by atoms with Crippen molar-refractivity contribution in [2.24, 2.45) is 0 Å². The predicted octanol–water partition coefficient (Wildman–Crippen LogP) is 4.74. The summed E-state index contributed by atoms with van der Waals surface area (Å²) in [6, 6.07) is 14.1. The van der Waals surface area contributed by atoms with Crippen LogP contribution in [0.4, 0.5) is 10.1 Å². The number of aliphatic hydroxyl groups is 1. The van der Waals surface area contributed by atoms with Crippen LogP contribution in [0.25, 0.3) is 5.83 Å². The largest absolute Gasteiger partial charge is 0.506 e. The quantitative estimate of drug-likeness (QED) is 0.771. The smallest absolute Gasteiger partial charge is 0.177 e. The Kier molecular flexibility index (Phi) is 4.49. The van der Waals surface area contributed by atoms with Crippen LogP contribution in [0.2, 0.25) is 0 Å². The molecule has 130 valence electrons. The fourth-order valence-corrected chi connectivity index (χ4v) is 2.77. The Morgan fingerprint density at radius 1 is 1.16 bits per heavy atom. The minimum absolute atomic E-state index is 0.00847. The first-order valence-electron chi connectivity index (χ1n) is 8.14. The van der Waals surface area contributed by atoms with Gasteiger partial charge in [-0.1, -0.05) is 36.4 Å². The number of ether oxygens (including phenoxy) is 1. The average molecular weight is 341 g/mol. The van der Waals surface area contributed by atoms with Crippen molar-refractivity contribution in [3.8, 4) is 5.75 Å². The molecule has 3 rings (SSSR count). The molecule has 2 aromatic carbocycles. The number of halogens is 1. The topological polar surface area (TPSA) is 58.6 Å². The standard InChI is InChI=1S/C20H20FNO3/c1-20(2)19(24)18(21)17-14(9-6-10-16(17)25-20)22-12-11-15(23)13-7-4-3-5-8-13/h3-10,22,24H,11-12H2,1-2H3. The number of rotatable bonds is 5. The second-order valence-corrected chi connectivity index (χ2v) is 6.42. The van der Waals surface area contributed by atoms with Crippen LogP contribution in [0.15, 0.2) is 54.3 Å². The summed E-state index contributed by atoms with van der Waals surface area (Å²) in [5, 5.41) is 13.1. The minimum Gasteiger partial charge on any atom is -0.506 e. The van der Waals surface area contributed by atoms with E-state index in [-0.39, 0.29) is 17.8 Å². The van der Waals surface area contributed by atoms with Gasteiger partial charge in [0.2, 0.25) is 0 Å². The Morgan fingerprint density at radius 3 is 2.60 bits per heavy atom. The van der Waals surface area contributed by atoms with Crippen LogP contribution in [-0.4, -0.2) is 23.0 Å². The summed E-state index contributed by atoms with van der Waals surface area (Å²) < 4.78 is 20.3. The first kappa shape index (κ1) is 17.0. The molecule has 0 aromatic heterocycles. The number of ketones is 1. The van der Waals surface area contributed by atoms with Gasteiger partial charge >= 0.3 is 0 Å². The third-order valence-electron chi connectivity index (χ3n) is 4.15.